The van der Waals surface area contributed by atoms with E-state index in [9.17, 15) is 18.0 Å². The molecule has 0 bridgehead atoms. The molecule has 0 spiro atoms. The number of benzene rings is 1. The Morgan fingerprint density at radius 3 is 2.78 bits per heavy atom. The molecule has 7 nitrogen and oxygen atoms in total. The molecule has 1 aliphatic rings. The zero-order valence-electron chi connectivity index (χ0n) is 14.3. The van der Waals surface area contributed by atoms with Gasteiger partial charge in [0, 0.05) is 31.0 Å². The maximum absolute atomic E-state index is 12.9. The average molecular weight is 380 g/mol. The van der Waals surface area contributed by atoms with Crippen molar-refractivity contribution in [2.24, 2.45) is 11.5 Å². The lowest BCUT2D eigenvalue weighted by Gasteiger charge is -2.31. The van der Waals surface area contributed by atoms with Gasteiger partial charge in [0.1, 0.15) is 11.4 Å². The van der Waals surface area contributed by atoms with E-state index in [2.05, 4.69) is 15.3 Å². The van der Waals surface area contributed by atoms with Crippen molar-refractivity contribution in [3.8, 4) is 0 Å². The molecule has 5 N–H and O–H groups in total. The lowest BCUT2D eigenvalue weighted by atomic mass is 10.1. The molecule has 0 unspecified atom stereocenters. The molecule has 1 aromatic carbocycles. The SMILES string of the molecule is NC(=O)c1cnc(N2CCC[C@@H](N)C2)nc1Nc1cccc(C(F)(F)F)c1. The number of hydrogen-bond donors (Lipinski definition) is 3. The molecule has 0 saturated carbocycles. The highest BCUT2D eigenvalue weighted by Gasteiger charge is 2.30. The molecule has 1 aromatic heterocycles. The Bertz CT molecular complexity index is 842. The first kappa shape index (κ1) is 18.9. The summed E-state index contributed by atoms with van der Waals surface area (Å²) in [6.45, 7) is 1.26. The number of carbonyl (C=O) groups excluding carboxylic acids is 1. The molecule has 10 heteroatoms. The second-order valence-electron chi connectivity index (χ2n) is 6.35. The summed E-state index contributed by atoms with van der Waals surface area (Å²) in [4.78, 5) is 22.0. The number of anilines is 3. The average Bonchev–Trinajstić information content (AvgIpc) is 2.61. The molecule has 1 atom stereocenters. The lowest BCUT2D eigenvalue weighted by Crippen LogP contribution is -2.43. The van der Waals surface area contributed by atoms with Gasteiger partial charge >= 0.3 is 6.18 Å². The number of rotatable bonds is 4. The van der Waals surface area contributed by atoms with Crippen LogP contribution in [0.4, 0.5) is 30.6 Å². The van der Waals surface area contributed by atoms with Gasteiger partial charge in [-0.2, -0.15) is 18.2 Å². The first-order valence-corrected chi connectivity index (χ1v) is 8.35. The van der Waals surface area contributed by atoms with Crippen molar-refractivity contribution in [2.75, 3.05) is 23.3 Å². The van der Waals surface area contributed by atoms with Gasteiger partial charge < -0.3 is 21.7 Å². The molecule has 2 heterocycles. The molecule has 3 rings (SSSR count). The van der Waals surface area contributed by atoms with Gasteiger partial charge in [-0.3, -0.25) is 4.79 Å². The second kappa shape index (κ2) is 7.39. The molecule has 2 aromatic rings. The fourth-order valence-electron chi connectivity index (χ4n) is 2.90. The Balaban J connectivity index is 1.93. The molecule has 1 saturated heterocycles. The topological polar surface area (TPSA) is 110 Å². The van der Waals surface area contributed by atoms with Crippen LogP contribution in [-0.4, -0.2) is 35.0 Å². The fraction of sp³-hybridized carbons (Fsp3) is 0.353. The standard InChI is InChI=1S/C17H19F3N6O/c18-17(19,20)10-3-1-5-12(7-10)24-15-13(14(22)27)8-23-16(25-15)26-6-2-4-11(21)9-26/h1,3,5,7-8,11H,2,4,6,9,21H2,(H2,22,27)(H,23,24,25)/t11-/m1/s1. The van der Waals surface area contributed by atoms with Crippen molar-refractivity contribution >= 4 is 23.4 Å². The maximum atomic E-state index is 12.9. The van der Waals surface area contributed by atoms with E-state index in [0.29, 0.717) is 19.0 Å². The summed E-state index contributed by atoms with van der Waals surface area (Å²) in [5.74, 6) is -0.401. The van der Waals surface area contributed by atoms with Crippen molar-refractivity contribution in [2.45, 2.75) is 25.1 Å². The van der Waals surface area contributed by atoms with Crippen LogP contribution in [0.5, 0.6) is 0 Å². The van der Waals surface area contributed by atoms with Crippen LogP contribution in [0.3, 0.4) is 0 Å². The molecule has 1 aliphatic heterocycles. The van der Waals surface area contributed by atoms with Crippen LogP contribution in [0, 0.1) is 0 Å². The van der Waals surface area contributed by atoms with E-state index in [1.54, 1.807) is 0 Å². The van der Waals surface area contributed by atoms with E-state index < -0.39 is 17.6 Å². The van der Waals surface area contributed by atoms with Gasteiger partial charge in [0.25, 0.3) is 5.91 Å². The van der Waals surface area contributed by atoms with E-state index in [-0.39, 0.29) is 23.1 Å². The van der Waals surface area contributed by atoms with Crippen LogP contribution in [0.25, 0.3) is 0 Å². The molecule has 0 radical (unpaired) electrons. The summed E-state index contributed by atoms with van der Waals surface area (Å²) in [7, 11) is 0. The Kier molecular flexibility index (Phi) is 5.17. The van der Waals surface area contributed by atoms with Crippen LogP contribution in [0.15, 0.2) is 30.5 Å². The van der Waals surface area contributed by atoms with Crippen LogP contribution in [0.2, 0.25) is 0 Å². The molecule has 0 aliphatic carbocycles. The van der Waals surface area contributed by atoms with Crippen molar-refractivity contribution in [1.29, 1.82) is 0 Å². The highest BCUT2D eigenvalue weighted by molar-refractivity contribution is 5.98. The third-order valence-electron chi connectivity index (χ3n) is 4.23. The second-order valence-corrected chi connectivity index (χ2v) is 6.35. The number of aromatic nitrogens is 2. The van der Waals surface area contributed by atoms with E-state index in [1.165, 1.54) is 18.3 Å². The number of carbonyl (C=O) groups is 1. The van der Waals surface area contributed by atoms with Crippen molar-refractivity contribution in [3.05, 3.63) is 41.6 Å². The largest absolute Gasteiger partial charge is 0.416 e. The van der Waals surface area contributed by atoms with Gasteiger partial charge in [-0.05, 0) is 31.0 Å². The summed E-state index contributed by atoms with van der Waals surface area (Å²) in [5.41, 5.74) is 10.6. The quantitative estimate of drug-likeness (QED) is 0.751. The lowest BCUT2D eigenvalue weighted by molar-refractivity contribution is -0.137. The van der Waals surface area contributed by atoms with Crippen LogP contribution in [0.1, 0.15) is 28.8 Å². The Hall–Kier alpha value is -2.88. The highest BCUT2D eigenvalue weighted by Crippen LogP contribution is 2.31. The number of alkyl halides is 3. The summed E-state index contributed by atoms with van der Waals surface area (Å²) in [5, 5.41) is 2.75. The van der Waals surface area contributed by atoms with Crippen molar-refractivity contribution in [1.82, 2.24) is 9.97 Å². The summed E-state index contributed by atoms with van der Waals surface area (Å²) < 4.78 is 38.7. The number of amides is 1. The first-order chi connectivity index (χ1) is 12.7. The summed E-state index contributed by atoms with van der Waals surface area (Å²) in [6, 6.07) is 4.59. The first-order valence-electron chi connectivity index (χ1n) is 8.35. The summed E-state index contributed by atoms with van der Waals surface area (Å²) >= 11 is 0. The third-order valence-corrected chi connectivity index (χ3v) is 4.23. The molecule has 27 heavy (non-hydrogen) atoms. The monoisotopic (exact) mass is 380 g/mol. The number of nitrogens with zero attached hydrogens (tertiary/aromatic N) is 3. The number of nitrogens with one attached hydrogen (secondary N) is 1. The molecular weight excluding hydrogens is 361 g/mol. The molecule has 1 fully saturated rings. The minimum absolute atomic E-state index is 0.0157. The number of primary amides is 1. The summed E-state index contributed by atoms with van der Waals surface area (Å²) in [6.07, 6.45) is -1.45. The van der Waals surface area contributed by atoms with Crippen molar-refractivity contribution in [3.63, 3.8) is 0 Å². The minimum Gasteiger partial charge on any atom is -0.365 e. The predicted molar refractivity (Wildman–Crippen MR) is 94.7 cm³/mol. The predicted octanol–water partition coefficient (Wildman–Crippen LogP) is 2.27. The van der Waals surface area contributed by atoms with Crippen LogP contribution in [-0.2, 0) is 6.18 Å². The Labute approximate surface area is 153 Å². The normalized spacial score (nSPS) is 17.6. The highest BCUT2D eigenvalue weighted by atomic mass is 19.4. The Morgan fingerprint density at radius 2 is 2.11 bits per heavy atom. The van der Waals surface area contributed by atoms with Gasteiger partial charge in [-0.1, -0.05) is 6.07 Å². The van der Waals surface area contributed by atoms with Gasteiger partial charge in [-0.15, -0.1) is 0 Å². The Morgan fingerprint density at radius 1 is 1.33 bits per heavy atom. The van der Waals surface area contributed by atoms with Gasteiger partial charge in [0.15, 0.2) is 0 Å². The van der Waals surface area contributed by atoms with E-state index in [4.69, 9.17) is 11.5 Å². The number of piperidine rings is 1. The molecular formula is C17H19F3N6O. The smallest absolute Gasteiger partial charge is 0.365 e. The maximum Gasteiger partial charge on any atom is 0.416 e. The van der Waals surface area contributed by atoms with Crippen LogP contribution < -0.4 is 21.7 Å². The van der Waals surface area contributed by atoms with Gasteiger partial charge in [0.2, 0.25) is 5.95 Å². The molecule has 1 amide bonds. The van der Waals surface area contributed by atoms with Crippen molar-refractivity contribution < 1.29 is 18.0 Å². The number of halogens is 3. The van der Waals surface area contributed by atoms with E-state index in [1.807, 2.05) is 4.90 Å². The third kappa shape index (κ3) is 4.45. The zero-order chi connectivity index (χ0) is 19.6. The number of hydrogen-bond acceptors (Lipinski definition) is 6. The van der Waals surface area contributed by atoms with E-state index >= 15 is 0 Å². The van der Waals surface area contributed by atoms with E-state index in [0.717, 1.165) is 25.0 Å². The minimum atomic E-state index is -4.48. The van der Waals surface area contributed by atoms with Gasteiger partial charge in [0.05, 0.1) is 5.56 Å². The number of nitrogens with two attached hydrogens (primary N) is 2. The van der Waals surface area contributed by atoms with Gasteiger partial charge in [-0.25, -0.2) is 4.98 Å². The zero-order valence-corrected chi connectivity index (χ0v) is 14.3. The molecule has 144 valence electrons. The fourth-order valence-corrected chi connectivity index (χ4v) is 2.90. The van der Waals surface area contributed by atoms with Crippen LogP contribution >= 0.6 is 0 Å².